The normalized spacial score (nSPS) is 16.2. The number of hydrogen-bond donors (Lipinski definition) is 1. The van der Waals surface area contributed by atoms with E-state index < -0.39 is 6.04 Å². The smallest absolute Gasteiger partial charge is 0.247 e. The van der Waals surface area contributed by atoms with Crippen LogP contribution in [0.4, 0.5) is 5.69 Å². The number of nitrogens with zero attached hydrogens (tertiary/aromatic N) is 4. The Kier molecular flexibility index (Phi) is 5.50. The molecule has 1 N–H and O–H groups in total. The van der Waals surface area contributed by atoms with E-state index in [2.05, 4.69) is 15.4 Å². The number of methoxy groups -OCH3 is 1. The van der Waals surface area contributed by atoms with Gasteiger partial charge in [0.25, 0.3) is 0 Å². The van der Waals surface area contributed by atoms with E-state index in [-0.39, 0.29) is 17.7 Å². The standard InChI is InChI=1S/C18H23N5O3/c1-13(23-12-19-11-20-23)18(25)22-9-7-14(8-10-22)17(24)21-15-5-3-4-6-16(15)26-2/h3-6,11-14H,7-10H2,1-2H3,(H,21,24). The van der Waals surface area contributed by atoms with Crippen molar-refractivity contribution in [2.45, 2.75) is 25.8 Å². The van der Waals surface area contributed by atoms with E-state index in [9.17, 15) is 9.59 Å². The second kappa shape index (κ2) is 7.99. The molecule has 0 bridgehead atoms. The highest BCUT2D eigenvalue weighted by atomic mass is 16.5. The molecule has 26 heavy (non-hydrogen) atoms. The number of para-hydroxylation sites is 2. The first-order chi connectivity index (χ1) is 12.6. The van der Waals surface area contributed by atoms with Gasteiger partial charge >= 0.3 is 0 Å². The molecule has 1 unspecified atom stereocenters. The summed E-state index contributed by atoms with van der Waals surface area (Å²) in [6.45, 7) is 2.92. The van der Waals surface area contributed by atoms with Crippen LogP contribution in [0.1, 0.15) is 25.8 Å². The van der Waals surface area contributed by atoms with Crippen molar-refractivity contribution in [2.75, 3.05) is 25.5 Å². The average molecular weight is 357 g/mol. The molecular weight excluding hydrogens is 334 g/mol. The quantitative estimate of drug-likeness (QED) is 0.880. The third kappa shape index (κ3) is 3.84. The molecule has 2 aromatic rings. The maximum absolute atomic E-state index is 12.6. The van der Waals surface area contributed by atoms with E-state index in [4.69, 9.17) is 4.74 Å². The minimum Gasteiger partial charge on any atom is -0.495 e. The maximum atomic E-state index is 12.6. The highest BCUT2D eigenvalue weighted by Crippen LogP contribution is 2.26. The lowest BCUT2D eigenvalue weighted by Crippen LogP contribution is -2.44. The van der Waals surface area contributed by atoms with Crippen LogP contribution in [-0.4, -0.2) is 51.7 Å². The molecule has 1 fully saturated rings. The van der Waals surface area contributed by atoms with Crippen LogP contribution < -0.4 is 10.1 Å². The Hall–Kier alpha value is -2.90. The molecular formula is C18H23N5O3. The number of carbonyl (C=O) groups excluding carboxylic acids is 2. The Balaban J connectivity index is 1.54. The van der Waals surface area contributed by atoms with Gasteiger partial charge in [-0.1, -0.05) is 12.1 Å². The molecule has 8 heteroatoms. The van der Waals surface area contributed by atoms with Gasteiger partial charge in [-0.3, -0.25) is 9.59 Å². The zero-order valence-electron chi connectivity index (χ0n) is 15.0. The monoisotopic (exact) mass is 357 g/mol. The van der Waals surface area contributed by atoms with Gasteiger partial charge in [0.1, 0.15) is 24.4 Å². The summed E-state index contributed by atoms with van der Waals surface area (Å²) in [6, 6.07) is 6.94. The first kappa shape index (κ1) is 17.9. The van der Waals surface area contributed by atoms with E-state index >= 15 is 0 Å². The first-order valence-corrected chi connectivity index (χ1v) is 8.67. The van der Waals surface area contributed by atoms with Crippen molar-refractivity contribution >= 4 is 17.5 Å². The van der Waals surface area contributed by atoms with Crippen molar-refractivity contribution in [1.82, 2.24) is 19.7 Å². The lowest BCUT2D eigenvalue weighted by Gasteiger charge is -2.33. The Morgan fingerprint density at radius 3 is 2.65 bits per heavy atom. The van der Waals surface area contributed by atoms with Gasteiger partial charge in [0.2, 0.25) is 11.8 Å². The third-order valence-corrected chi connectivity index (χ3v) is 4.73. The number of anilines is 1. The van der Waals surface area contributed by atoms with Crippen LogP contribution in [0, 0.1) is 5.92 Å². The van der Waals surface area contributed by atoms with Gasteiger partial charge in [0, 0.05) is 19.0 Å². The predicted molar refractivity (Wildman–Crippen MR) is 95.7 cm³/mol. The van der Waals surface area contributed by atoms with Gasteiger partial charge in [0.15, 0.2) is 0 Å². The predicted octanol–water partition coefficient (Wildman–Crippen LogP) is 1.73. The van der Waals surface area contributed by atoms with Crippen molar-refractivity contribution in [2.24, 2.45) is 5.92 Å². The van der Waals surface area contributed by atoms with E-state index in [0.29, 0.717) is 37.4 Å². The average Bonchev–Trinajstić information content (AvgIpc) is 3.22. The van der Waals surface area contributed by atoms with Gasteiger partial charge in [-0.2, -0.15) is 5.10 Å². The summed E-state index contributed by atoms with van der Waals surface area (Å²) in [4.78, 5) is 30.8. The first-order valence-electron chi connectivity index (χ1n) is 8.67. The highest BCUT2D eigenvalue weighted by Gasteiger charge is 2.30. The molecule has 1 aliphatic rings. The summed E-state index contributed by atoms with van der Waals surface area (Å²) in [5.41, 5.74) is 0.665. The Labute approximate surface area is 152 Å². The molecule has 8 nitrogen and oxygen atoms in total. The summed E-state index contributed by atoms with van der Waals surface area (Å²) in [7, 11) is 1.57. The number of ether oxygens (including phenoxy) is 1. The Morgan fingerprint density at radius 2 is 2.00 bits per heavy atom. The second-order valence-electron chi connectivity index (χ2n) is 6.34. The van der Waals surface area contributed by atoms with Crippen molar-refractivity contribution in [3.63, 3.8) is 0 Å². The fraction of sp³-hybridized carbons (Fsp3) is 0.444. The molecule has 138 valence electrons. The number of benzene rings is 1. The summed E-state index contributed by atoms with van der Waals surface area (Å²) < 4.78 is 6.81. The zero-order valence-corrected chi connectivity index (χ0v) is 15.0. The van der Waals surface area contributed by atoms with Crippen LogP contribution in [0.2, 0.25) is 0 Å². The molecule has 1 aliphatic heterocycles. The molecule has 1 aromatic heterocycles. The topological polar surface area (TPSA) is 89.4 Å². The largest absolute Gasteiger partial charge is 0.495 e. The number of rotatable bonds is 5. The Bertz CT molecular complexity index is 754. The molecule has 0 aliphatic carbocycles. The highest BCUT2D eigenvalue weighted by molar-refractivity contribution is 5.94. The number of hydrogen-bond acceptors (Lipinski definition) is 5. The molecule has 0 spiro atoms. The number of likely N-dealkylation sites (tertiary alicyclic amines) is 1. The van der Waals surface area contributed by atoms with Crippen molar-refractivity contribution in [1.29, 1.82) is 0 Å². The maximum Gasteiger partial charge on any atom is 0.247 e. The van der Waals surface area contributed by atoms with Crippen LogP contribution in [0.15, 0.2) is 36.9 Å². The molecule has 2 heterocycles. The summed E-state index contributed by atoms with van der Waals surface area (Å²) in [6.07, 6.45) is 4.22. The number of aromatic nitrogens is 3. The van der Waals surface area contributed by atoms with Crippen LogP contribution in [0.3, 0.4) is 0 Å². The number of nitrogens with one attached hydrogen (secondary N) is 1. The van der Waals surface area contributed by atoms with E-state index in [1.54, 1.807) is 23.6 Å². The molecule has 1 aromatic carbocycles. The van der Waals surface area contributed by atoms with Crippen molar-refractivity contribution in [3.05, 3.63) is 36.9 Å². The van der Waals surface area contributed by atoms with Crippen molar-refractivity contribution < 1.29 is 14.3 Å². The summed E-state index contributed by atoms with van der Waals surface area (Å²) >= 11 is 0. The minimum atomic E-state index is -0.392. The fourth-order valence-electron chi connectivity index (χ4n) is 3.14. The van der Waals surface area contributed by atoms with Crippen LogP contribution in [-0.2, 0) is 9.59 Å². The number of amides is 2. The van der Waals surface area contributed by atoms with Crippen LogP contribution in [0.5, 0.6) is 5.75 Å². The lowest BCUT2D eigenvalue weighted by atomic mass is 9.95. The minimum absolute atomic E-state index is 0.000846. The zero-order chi connectivity index (χ0) is 18.5. The van der Waals surface area contributed by atoms with Gasteiger partial charge in [-0.25, -0.2) is 9.67 Å². The molecule has 1 atom stereocenters. The SMILES string of the molecule is COc1ccccc1NC(=O)C1CCN(C(=O)C(C)n2cncn2)CC1. The molecule has 1 saturated heterocycles. The van der Waals surface area contributed by atoms with Crippen molar-refractivity contribution in [3.8, 4) is 5.75 Å². The van der Waals surface area contributed by atoms with Gasteiger partial charge in [-0.15, -0.1) is 0 Å². The third-order valence-electron chi connectivity index (χ3n) is 4.73. The van der Waals surface area contributed by atoms with Crippen LogP contribution >= 0.6 is 0 Å². The lowest BCUT2D eigenvalue weighted by molar-refractivity contribution is -0.137. The fourth-order valence-corrected chi connectivity index (χ4v) is 3.14. The number of carbonyl (C=O) groups is 2. The Morgan fingerprint density at radius 1 is 1.27 bits per heavy atom. The van der Waals surface area contributed by atoms with E-state index in [1.165, 1.54) is 12.7 Å². The molecule has 0 saturated carbocycles. The van der Waals surface area contributed by atoms with Gasteiger partial charge < -0.3 is 15.0 Å². The number of piperidine rings is 1. The summed E-state index contributed by atoms with van der Waals surface area (Å²) in [5, 5.41) is 6.95. The van der Waals surface area contributed by atoms with Gasteiger partial charge in [0.05, 0.1) is 12.8 Å². The van der Waals surface area contributed by atoms with Gasteiger partial charge in [-0.05, 0) is 31.9 Å². The van der Waals surface area contributed by atoms with Crippen LogP contribution in [0.25, 0.3) is 0 Å². The van der Waals surface area contributed by atoms with E-state index in [0.717, 1.165) is 0 Å². The molecule has 3 rings (SSSR count). The summed E-state index contributed by atoms with van der Waals surface area (Å²) in [5.74, 6) is 0.478. The molecule has 0 radical (unpaired) electrons. The van der Waals surface area contributed by atoms with E-state index in [1.807, 2.05) is 24.3 Å². The second-order valence-corrected chi connectivity index (χ2v) is 6.34. The molecule has 2 amide bonds.